The normalized spacial score (nSPS) is 17.6. The second-order valence-electron chi connectivity index (χ2n) is 5.01. The fourth-order valence-corrected chi connectivity index (χ4v) is 3.83. The van der Waals surface area contributed by atoms with Crippen LogP contribution in [-0.2, 0) is 14.8 Å². The number of methoxy groups -OCH3 is 1. The molecule has 19 heavy (non-hydrogen) atoms. The molecule has 0 radical (unpaired) electrons. The van der Waals surface area contributed by atoms with E-state index in [1.54, 1.807) is 12.1 Å². The Morgan fingerprint density at radius 1 is 1.32 bits per heavy atom. The van der Waals surface area contributed by atoms with E-state index in [2.05, 4.69) is 9.46 Å². The van der Waals surface area contributed by atoms with Gasteiger partial charge in [-0.05, 0) is 38.3 Å². The summed E-state index contributed by atoms with van der Waals surface area (Å²) in [5.41, 5.74) is -0.345. The molecule has 1 fully saturated rings. The van der Waals surface area contributed by atoms with Gasteiger partial charge in [0.2, 0.25) is 10.0 Å². The number of sulfonamides is 1. The van der Waals surface area contributed by atoms with Crippen molar-refractivity contribution in [3.8, 4) is 0 Å². The number of rotatable bonds is 4. The van der Waals surface area contributed by atoms with Crippen LogP contribution in [0.5, 0.6) is 0 Å². The first-order valence-electron chi connectivity index (χ1n) is 6.09. The van der Waals surface area contributed by atoms with E-state index in [0.717, 1.165) is 19.3 Å². The van der Waals surface area contributed by atoms with Crippen LogP contribution in [-0.4, -0.2) is 27.0 Å². The summed E-state index contributed by atoms with van der Waals surface area (Å²) < 4.78 is 32.0. The van der Waals surface area contributed by atoms with E-state index >= 15 is 0 Å². The Bertz CT molecular complexity index is 590. The van der Waals surface area contributed by atoms with E-state index < -0.39 is 21.5 Å². The molecule has 0 atom stereocenters. The van der Waals surface area contributed by atoms with Gasteiger partial charge in [-0.15, -0.1) is 0 Å². The first-order valence-corrected chi connectivity index (χ1v) is 7.58. The third-order valence-electron chi connectivity index (χ3n) is 3.42. The Morgan fingerprint density at radius 3 is 2.47 bits per heavy atom. The fraction of sp³-hybridized carbons (Fsp3) is 0.462. The number of benzene rings is 1. The Labute approximate surface area is 113 Å². The molecule has 0 saturated heterocycles. The molecule has 1 aromatic rings. The molecule has 1 saturated carbocycles. The Balaban J connectivity index is 2.37. The van der Waals surface area contributed by atoms with E-state index in [9.17, 15) is 13.2 Å². The summed E-state index contributed by atoms with van der Waals surface area (Å²) in [6, 6.07) is 6.06. The summed E-state index contributed by atoms with van der Waals surface area (Å²) in [7, 11) is -2.49. The van der Waals surface area contributed by atoms with Gasteiger partial charge in [0.25, 0.3) is 0 Å². The van der Waals surface area contributed by atoms with Crippen LogP contribution in [0.2, 0.25) is 0 Å². The molecule has 0 bridgehead atoms. The third-order valence-corrected chi connectivity index (χ3v) is 5.12. The molecule has 5 nitrogen and oxygen atoms in total. The fourth-order valence-electron chi connectivity index (χ4n) is 2.17. The number of hydrogen-bond donors (Lipinski definition) is 1. The molecule has 1 aliphatic carbocycles. The first kappa shape index (κ1) is 14.0. The Hall–Kier alpha value is -1.40. The zero-order chi connectivity index (χ0) is 14.1. The van der Waals surface area contributed by atoms with Crippen molar-refractivity contribution in [3.63, 3.8) is 0 Å². The maximum Gasteiger partial charge on any atom is 0.339 e. The van der Waals surface area contributed by atoms with Crippen LogP contribution in [0.15, 0.2) is 29.2 Å². The van der Waals surface area contributed by atoms with Crippen molar-refractivity contribution >= 4 is 16.0 Å². The Kier molecular flexibility index (Phi) is 3.64. The predicted molar refractivity (Wildman–Crippen MR) is 70.4 cm³/mol. The van der Waals surface area contributed by atoms with Crippen LogP contribution in [0.25, 0.3) is 0 Å². The molecule has 1 N–H and O–H groups in total. The minimum atomic E-state index is -3.72. The van der Waals surface area contributed by atoms with Gasteiger partial charge in [0.15, 0.2) is 0 Å². The quantitative estimate of drug-likeness (QED) is 0.854. The zero-order valence-electron chi connectivity index (χ0n) is 11.0. The van der Waals surface area contributed by atoms with Gasteiger partial charge in [0.05, 0.1) is 17.6 Å². The molecule has 1 aromatic carbocycles. The highest BCUT2D eigenvalue weighted by Crippen LogP contribution is 2.33. The highest BCUT2D eigenvalue weighted by Gasteiger charge is 2.37. The summed E-state index contributed by atoms with van der Waals surface area (Å²) in [6.07, 6.45) is 2.64. The van der Waals surface area contributed by atoms with Gasteiger partial charge in [0, 0.05) is 5.54 Å². The lowest BCUT2D eigenvalue weighted by Gasteiger charge is -2.38. The Morgan fingerprint density at radius 2 is 1.95 bits per heavy atom. The summed E-state index contributed by atoms with van der Waals surface area (Å²) >= 11 is 0. The zero-order valence-corrected chi connectivity index (χ0v) is 11.8. The van der Waals surface area contributed by atoms with Crippen molar-refractivity contribution in [1.82, 2.24) is 4.72 Å². The topological polar surface area (TPSA) is 72.5 Å². The standard InChI is InChI=1S/C13H17NO4S/c1-13(8-5-9-13)14-19(16,17)11-7-4-3-6-10(11)12(15)18-2/h3-4,6-7,14H,5,8-9H2,1-2H3. The molecule has 0 aliphatic heterocycles. The van der Waals surface area contributed by atoms with Crippen LogP contribution >= 0.6 is 0 Å². The van der Waals surface area contributed by atoms with Gasteiger partial charge < -0.3 is 4.74 Å². The monoisotopic (exact) mass is 283 g/mol. The van der Waals surface area contributed by atoms with Crippen LogP contribution in [0, 0.1) is 0 Å². The number of nitrogens with one attached hydrogen (secondary N) is 1. The molecular formula is C13H17NO4S. The molecule has 2 rings (SSSR count). The van der Waals surface area contributed by atoms with Crippen LogP contribution < -0.4 is 4.72 Å². The van der Waals surface area contributed by atoms with Gasteiger partial charge >= 0.3 is 5.97 Å². The molecule has 1 aliphatic rings. The van der Waals surface area contributed by atoms with Gasteiger partial charge in [-0.2, -0.15) is 0 Å². The molecule has 0 amide bonds. The van der Waals surface area contributed by atoms with Crippen molar-refractivity contribution in [1.29, 1.82) is 0 Å². The van der Waals surface area contributed by atoms with Crippen LogP contribution in [0.3, 0.4) is 0 Å². The summed E-state index contributed by atoms with van der Waals surface area (Å²) in [6.45, 7) is 1.87. The highest BCUT2D eigenvalue weighted by molar-refractivity contribution is 7.89. The van der Waals surface area contributed by atoms with Gasteiger partial charge in [-0.3, -0.25) is 0 Å². The second kappa shape index (κ2) is 4.94. The SMILES string of the molecule is COC(=O)c1ccccc1S(=O)(=O)NC1(C)CCC1. The van der Waals surface area contributed by atoms with E-state index in [4.69, 9.17) is 0 Å². The lowest BCUT2D eigenvalue weighted by atomic mass is 9.80. The smallest absolute Gasteiger partial charge is 0.339 e. The molecular weight excluding hydrogens is 266 g/mol. The third kappa shape index (κ3) is 2.79. The number of carbonyl (C=O) groups is 1. The average molecular weight is 283 g/mol. The maximum atomic E-state index is 12.4. The van der Waals surface area contributed by atoms with Crippen molar-refractivity contribution in [2.45, 2.75) is 36.6 Å². The van der Waals surface area contributed by atoms with Crippen LogP contribution in [0.4, 0.5) is 0 Å². The van der Waals surface area contributed by atoms with Crippen molar-refractivity contribution < 1.29 is 17.9 Å². The molecule has 0 spiro atoms. The van der Waals surface area contributed by atoms with Crippen molar-refractivity contribution in [3.05, 3.63) is 29.8 Å². The van der Waals surface area contributed by atoms with E-state index in [-0.39, 0.29) is 10.5 Å². The van der Waals surface area contributed by atoms with E-state index in [0.29, 0.717) is 0 Å². The van der Waals surface area contributed by atoms with Crippen LogP contribution in [0.1, 0.15) is 36.5 Å². The largest absolute Gasteiger partial charge is 0.465 e. The lowest BCUT2D eigenvalue weighted by molar-refractivity contribution is 0.0596. The predicted octanol–water partition coefficient (Wildman–Crippen LogP) is 1.69. The number of ether oxygens (including phenoxy) is 1. The average Bonchev–Trinajstić information content (AvgIpc) is 2.35. The minimum absolute atomic E-state index is 0.0324. The van der Waals surface area contributed by atoms with Crippen molar-refractivity contribution in [2.24, 2.45) is 0 Å². The summed E-state index contributed by atoms with van der Waals surface area (Å²) in [5.74, 6) is -0.653. The second-order valence-corrected chi connectivity index (χ2v) is 6.66. The number of carbonyl (C=O) groups excluding carboxylic acids is 1. The summed E-state index contributed by atoms with van der Waals surface area (Å²) in [5, 5.41) is 0. The number of hydrogen-bond acceptors (Lipinski definition) is 4. The van der Waals surface area contributed by atoms with E-state index in [1.807, 2.05) is 6.92 Å². The summed E-state index contributed by atoms with van der Waals surface area (Å²) in [4.78, 5) is 11.6. The lowest BCUT2D eigenvalue weighted by Crippen LogP contribution is -2.50. The maximum absolute atomic E-state index is 12.4. The minimum Gasteiger partial charge on any atom is -0.465 e. The molecule has 104 valence electrons. The molecule has 0 heterocycles. The van der Waals surface area contributed by atoms with Gasteiger partial charge in [-0.25, -0.2) is 17.9 Å². The molecule has 6 heteroatoms. The first-order chi connectivity index (χ1) is 8.88. The molecule has 0 unspecified atom stereocenters. The highest BCUT2D eigenvalue weighted by atomic mass is 32.2. The van der Waals surface area contributed by atoms with Gasteiger partial charge in [-0.1, -0.05) is 12.1 Å². The van der Waals surface area contributed by atoms with Gasteiger partial charge in [0.1, 0.15) is 0 Å². The van der Waals surface area contributed by atoms with E-state index in [1.165, 1.54) is 19.2 Å². The van der Waals surface area contributed by atoms with Crippen molar-refractivity contribution in [2.75, 3.05) is 7.11 Å². The number of esters is 1. The molecule has 0 aromatic heterocycles.